The molecule has 1 aliphatic heterocycles. The van der Waals surface area contributed by atoms with Crippen LogP contribution in [0.5, 0.6) is 0 Å². The van der Waals surface area contributed by atoms with Crippen LogP contribution in [-0.4, -0.2) is 42.1 Å². The molecule has 0 amide bonds. The summed E-state index contributed by atoms with van der Waals surface area (Å²) in [7, 11) is 2.21. The van der Waals surface area contributed by atoms with Crippen LogP contribution in [0, 0.1) is 0 Å². The first-order chi connectivity index (χ1) is 7.69. The fourth-order valence-corrected chi connectivity index (χ4v) is 1.72. The van der Waals surface area contributed by atoms with E-state index in [1.807, 2.05) is 18.2 Å². The van der Waals surface area contributed by atoms with E-state index in [1.165, 1.54) is 13.0 Å². The average Bonchev–Trinajstić information content (AvgIpc) is 2.36. The van der Waals surface area contributed by atoms with E-state index in [-0.39, 0.29) is 0 Å². The highest BCUT2D eigenvalue weighted by Crippen LogP contribution is 2.17. The molecular formula is C13H23N3. The lowest BCUT2D eigenvalue weighted by Crippen LogP contribution is -2.57. The molecule has 0 radical (unpaired) electrons. The largest absolute Gasteiger partial charge is 0.314 e. The first-order valence-corrected chi connectivity index (χ1v) is 5.96. The second-order valence-electron chi connectivity index (χ2n) is 4.47. The third kappa shape index (κ3) is 3.91. The summed E-state index contributed by atoms with van der Waals surface area (Å²) < 4.78 is 0. The standard InChI is InChI=1S/C8H18N2.C5H5N/c1-4-8(2)7-9-5-6-10(8)3;1-2-4-6-5-3-1/h9H,4-7H2,1-3H3;1-5H. The molecule has 0 bridgehead atoms. The van der Waals surface area contributed by atoms with Crippen LogP contribution < -0.4 is 5.32 Å². The molecule has 16 heavy (non-hydrogen) atoms. The van der Waals surface area contributed by atoms with Crippen molar-refractivity contribution in [3.63, 3.8) is 0 Å². The highest BCUT2D eigenvalue weighted by molar-refractivity contribution is 4.89. The summed E-state index contributed by atoms with van der Waals surface area (Å²) >= 11 is 0. The summed E-state index contributed by atoms with van der Waals surface area (Å²) in [6.07, 6.45) is 4.73. The third-order valence-electron chi connectivity index (χ3n) is 3.38. The van der Waals surface area contributed by atoms with Crippen molar-refractivity contribution in [3.8, 4) is 0 Å². The van der Waals surface area contributed by atoms with Gasteiger partial charge in [0.25, 0.3) is 0 Å². The number of piperazine rings is 1. The summed E-state index contributed by atoms with van der Waals surface area (Å²) in [5.74, 6) is 0. The average molecular weight is 221 g/mol. The summed E-state index contributed by atoms with van der Waals surface area (Å²) in [5, 5.41) is 3.42. The number of nitrogens with zero attached hydrogens (tertiary/aromatic N) is 2. The Morgan fingerprint density at radius 1 is 1.31 bits per heavy atom. The Kier molecular flexibility index (Phi) is 5.43. The second-order valence-corrected chi connectivity index (χ2v) is 4.47. The van der Waals surface area contributed by atoms with Crippen LogP contribution in [0.15, 0.2) is 30.6 Å². The molecule has 1 fully saturated rings. The van der Waals surface area contributed by atoms with Crippen LogP contribution in [-0.2, 0) is 0 Å². The van der Waals surface area contributed by atoms with Crippen LogP contribution in [0.25, 0.3) is 0 Å². The van der Waals surface area contributed by atoms with Crippen molar-refractivity contribution in [3.05, 3.63) is 30.6 Å². The number of rotatable bonds is 1. The van der Waals surface area contributed by atoms with Gasteiger partial charge in [-0.1, -0.05) is 13.0 Å². The molecule has 1 unspecified atom stereocenters. The van der Waals surface area contributed by atoms with Crippen molar-refractivity contribution >= 4 is 0 Å². The van der Waals surface area contributed by atoms with Gasteiger partial charge in [-0.05, 0) is 32.5 Å². The Balaban J connectivity index is 0.000000181. The molecule has 1 aromatic heterocycles. The Morgan fingerprint density at radius 2 is 2.00 bits per heavy atom. The van der Waals surface area contributed by atoms with Gasteiger partial charge in [-0.25, -0.2) is 0 Å². The second kappa shape index (κ2) is 6.61. The number of hydrogen-bond acceptors (Lipinski definition) is 3. The number of likely N-dealkylation sites (N-methyl/N-ethyl adjacent to an activating group) is 1. The molecule has 2 heterocycles. The highest BCUT2D eigenvalue weighted by atomic mass is 15.2. The molecule has 0 saturated carbocycles. The summed E-state index contributed by atoms with van der Waals surface area (Å²) in [6, 6.07) is 5.72. The highest BCUT2D eigenvalue weighted by Gasteiger charge is 2.29. The Hall–Kier alpha value is -0.930. The topological polar surface area (TPSA) is 28.2 Å². The van der Waals surface area contributed by atoms with Crippen molar-refractivity contribution in [2.45, 2.75) is 25.8 Å². The van der Waals surface area contributed by atoms with E-state index in [9.17, 15) is 0 Å². The molecule has 1 aromatic rings. The minimum absolute atomic E-state index is 0.401. The van der Waals surface area contributed by atoms with Gasteiger partial charge < -0.3 is 5.32 Å². The van der Waals surface area contributed by atoms with Crippen LogP contribution in [0.4, 0.5) is 0 Å². The Bertz CT molecular complexity index is 249. The van der Waals surface area contributed by atoms with Gasteiger partial charge in [0.1, 0.15) is 0 Å². The lowest BCUT2D eigenvalue weighted by atomic mass is 9.95. The quantitative estimate of drug-likeness (QED) is 0.783. The first kappa shape index (κ1) is 13.1. The first-order valence-electron chi connectivity index (χ1n) is 5.96. The monoisotopic (exact) mass is 221 g/mol. The Labute approximate surface area is 98.9 Å². The molecule has 0 spiro atoms. The maximum atomic E-state index is 3.78. The molecule has 3 heteroatoms. The molecule has 1 N–H and O–H groups in total. The number of pyridine rings is 1. The lowest BCUT2D eigenvalue weighted by Gasteiger charge is -2.42. The maximum absolute atomic E-state index is 3.78. The van der Waals surface area contributed by atoms with Gasteiger partial charge in [-0.3, -0.25) is 9.88 Å². The minimum Gasteiger partial charge on any atom is -0.314 e. The third-order valence-corrected chi connectivity index (χ3v) is 3.38. The van der Waals surface area contributed by atoms with E-state index in [4.69, 9.17) is 0 Å². The van der Waals surface area contributed by atoms with Gasteiger partial charge in [-0.2, -0.15) is 0 Å². The van der Waals surface area contributed by atoms with Gasteiger partial charge in [0.05, 0.1) is 0 Å². The minimum atomic E-state index is 0.401. The summed E-state index contributed by atoms with van der Waals surface area (Å²) in [6.45, 7) is 8.04. The molecule has 90 valence electrons. The van der Waals surface area contributed by atoms with E-state index in [2.05, 4.69) is 36.1 Å². The van der Waals surface area contributed by atoms with Crippen LogP contribution in [0.2, 0.25) is 0 Å². The zero-order valence-corrected chi connectivity index (χ0v) is 10.6. The van der Waals surface area contributed by atoms with Gasteiger partial charge in [0.2, 0.25) is 0 Å². The Morgan fingerprint density at radius 3 is 2.31 bits per heavy atom. The van der Waals surface area contributed by atoms with Crippen molar-refractivity contribution in [2.24, 2.45) is 0 Å². The fraction of sp³-hybridized carbons (Fsp3) is 0.615. The predicted molar refractivity (Wildman–Crippen MR) is 68.4 cm³/mol. The predicted octanol–water partition coefficient (Wildman–Crippen LogP) is 1.77. The van der Waals surface area contributed by atoms with Gasteiger partial charge in [0, 0.05) is 37.6 Å². The van der Waals surface area contributed by atoms with Gasteiger partial charge in [-0.15, -0.1) is 0 Å². The van der Waals surface area contributed by atoms with Crippen molar-refractivity contribution in [1.29, 1.82) is 0 Å². The number of nitrogens with one attached hydrogen (secondary N) is 1. The molecular weight excluding hydrogens is 198 g/mol. The van der Waals surface area contributed by atoms with Crippen molar-refractivity contribution in [2.75, 3.05) is 26.7 Å². The van der Waals surface area contributed by atoms with Crippen molar-refractivity contribution in [1.82, 2.24) is 15.2 Å². The van der Waals surface area contributed by atoms with Crippen LogP contribution >= 0.6 is 0 Å². The summed E-state index contributed by atoms with van der Waals surface area (Å²) in [4.78, 5) is 6.23. The maximum Gasteiger partial charge on any atom is 0.0300 e. The van der Waals surface area contributed by atoms with Crippen molar-refractivity contribution < 1.29 is 0 Å². The molecule has 1 atom stereocenters. The fourth-order valence-electron chi connectivity index (χ4n) is 1.72. The SMILES string of the molecule is CCC1(C)CNCCN1C.c1ccncc1. The van der Waals surface area contributed by atoms with E-state index in [1.54, 1.807) is 12.4 Å². The zero-order chi connectivity index (χ0) is 11.9. The van der Waals surface area contributed by atoms with E-state index >= 15 is 0 Å². The zero-order valence-electron chi connectivity index (χ0n) is 10.6. The molecule has 3 nitrogen and oxygen atoms in total. The normalized spacial score (nSPS) is 25.7. The van der Waals surface area contributed by atoms with Gasteiger partial charge in [0.15, 0.2) is 0 Å². The molecule has 0 aromatic carbocycles. The van der Waals surface area contributed by atoms with Crippen LogP contribution in [0.3, 0.4) is 0 Å². The van der Waals surface area contributed by atoms with Crippen LogP contribution in [0.1, 0.15) is 20.3 Å². The molecule has 2 rings (SSSR count). The number of aromatic nitrogens is 1. The van der Waals surface area contributed by atoms with Gasteiger partial charge >= 0.3 is 0 Å². The number of hydrogen-bond donors (Lipinski definition) is 1. The smallest absolute Gasteiger partial charge is 0.0300 e. The van der Waals surface area contributed by atoms with E-state index in [0.717, 1.165) is 13.1 Å². The van der Waals surface area contributed by atoms with E-state index in [0.29, 0.717) is 5.54 Å². The lowest BCUT2D eigenvalue weighted by molar-refractivity contribution is 0.101. The van der Waals surface area contributed by atoms with E-state index < -0.39 is 0 Å². The molecule has 1 aliphatic rings. The summed E-state index contributed by atoms with van der Waals surface area (Å²) in [5.41, 5.74) is 0.401. The molecule has 0 aliphatic carbocycles. The molecule has 1 saturated heterocycles.